The molecule has 0 radical (unpaired) electrons. The molecule has 1 N–H and O–H groups in total. The summed E-state index contributed by atoms with van der Waals surface area (Å²) in [7, 11) is 0. The van der Waals surface area contributed by atoms with Gasteiger partial charge < -0.3 is 14.6 Å². The van der Waals surface area contributed by atoms with Crippen LogP contribution in [0.5, 0.6) is 5.75 Å². The van der Waals surface area contributed by atoms with Crippen molar-refractivity contribution < 1.29 is 29.0 Å². The van der Waals surface area contributed by atoms with E-state index in [-0.39, 0.29) is 23.7 Å². The molecule has 0 bridgehead atoms. The molecular weight excluding hydrogens is 348 g/mol. The van der Waals surface area contributed by atoms with Crippen molar-refractivity contribution in [1.29, 1.82) is 0 Å². The van der Waals surface area contributed by atoms with Crippen LogP contribution < -0.4 is 4.74 Å². The molecule has 2 rings (SSSR count). The molecule has 0 unspecified atom stereocenters. The first-order valence-corrected chi connectivity index (χ1v) is 8.07. The van der Waals surface area contributed by atoms with E-state index in [9.17, 15) is 14.4 Å². The summed E-state index contributed by atoms with van der Waals surface area (Å²) in [6, 6.07) is 13.3. The Morgan fingerprint density at radius 2 is 1.44 bits per heavy atom. The molecule has 0 fully saturated rings. The lowest BCUT2D eigenvalue weighted by Crippen LogP contribution is -2.10. The van der Waals surface area contributed by atoms with Gasteiger partial charge in [0.25, 0.3) is 0 Å². The molecule has 0 aliphatic rings. The lowest BCUT2D eigenvalue weighted by molar-refractivity contribution is -0.145. The van der Waals surface area contributed by atoms with E-state index in [0.717, 1.165) is 5.56 Å². The highest BCUT2D eigenvalue weighted by Crippen LogP contribution is 2.12. The lowest BCUT2D eigenvalue weighted by Gasteiger charge is -2.07. The Morgan fingerprint density at radius 1 is 0.926 bits per heavy atom. The maximum absolute atomic E-state index is 11.0. The first-order valence-electron chi connectivity index (χ1n) is 8.07. The Labute approximate surface area is 158 Å². The molecule has 0 saturated carbocycles. The molecule has 2 aromatic rings. The first kappa shape index (κ1) is 21.6. The number of Topliss-reactive ketones (excluding diaryl/α,β-unsaturated/α-hetero) is 1. The van der Waals surface area contributed by atoms with Crippen LogP contribution in [0.3, 0.4) is 0 Å². The fourth-order valence-corrected chi connectivity index (χ4v) is 1.76. The normalized spacial score (nSPS) is 9.44. The van der Waals surface area contributed by atoms with E-state index in [0.29, 0.717) is 5.75 Å². The fourth-order valence-electron chi connectivity index (χ4n) is 1.76. The van der Waals surface area contributed by atoms with Crippen LogP contribution >= 0.6 is 0 Å². The van der Waals surface area contributed by atoms with Crippen molar-refractivity contribution in [2.24, 2.45) is 0 Å². The quantitative estimate of drug-likeness (QED) is 0.357. The molecular formula is C21H22O6. The minimum Gasteiger partial charge on any atom is -0.478 e. The third-order valence-electron chi connectivity index (χ3n) is 3.32. The van der Waals surface area contributed by atoms with E-state index in [1.54, 1.807) is 6.92 Å². The van der Waals surface area contributed by atoms with Crippen molar-refractivity contribution in [2.45, 2.75) is 20.8 Å². The zero-order valence-electron chi connectivity index (χ0n) is 15.5. The van der Waals surface area contributed by atoms with Gasteiger partial charge in [0, 0.05) is 11.1 Å². The minimum atomic E-state index is -1.01. The highest BCUT2D eigenvalue weighted by Gasteiger charge is 2.04. The van der Waals surface area contributed by atoms with E-state index in [2.05, 4.69) is 6.58 Å². The molecule has 2 aromatic carbocycles. The summed E-state index contributed by atoms with van der Waals surface area (Å²) >= 11 is 0. The monoisotopic (exact) mass is 370 g/mol. The van der Waals surface area contributed by atoms with Crippen molar-refractivity contribution >= 4 is 17.7 Å². The fraction of sp³-hybridized carbons (Fsp3) is 0.190. The number of aryl methyl sites for hydroxylation is 1. The largest absolute Gasteiger partial charge is 0.478 e. The number of esters is 1. The first-order chi connectivity index (χ1) is 12.7. The standard InChI is InChI=1S/C12H12O5.C9H10O/c1-8(2)12(15)17-7-16-10-5-3-9(4-6-10)11(13)14;1-7-3-5-9(6-4-7)8(2)10/h3-6H,1,7H2,2H3,(H,13,14);3-6H,1-2H3. The average molecular weight is 370 g/mol. The van der Waals surface area contributed by atoms with Gasteiger partial charge in [-0.3, -0.25) is 4.79 Å². The average Bonchev–Trinajstić information content (AvgIpc) is 2.63. The van der Waals surface area contributed by atoms with E-state index < -0.39 is 11.9 Å². The summed E-state index contributed by atoms with van der Waals surface area (Å²) < 4.78 is 9.79. The van der Waals surface area contributed by atoms with Crippen LogP contribution in [0.1, 0.15) is 40.1 Å². The molecule has 0 heterocycles. The van der Waals surface area contributed by atoms with Gasteiger partial charge in [0.05, 0.1) is 5.56 Å². The summed E-state index contributed by atoms with van der Waals surface area (Å²) in [6.07, 6.45) is 0. The molecule has 0 amide bonds. The van der Waals surface area contributed by atoms with Gasteiger partial charge in [0.1, 0.15) is 5.75 Å². The highest BCUT2D eigenvalue weighted by atomic mass is 16.7. The molecule has 142 valence electrons. The zero-order chi connectivity index (χ0) is 20.4. The van der Waals surface area contributed by atoms with Crippen LogP contribution in [0.2, 0.25) is 0 Å². The molecule has 6 nitrogen and oxygen atoms in total. The third-order valence-corrected chi connectivity index (χ3v) is 3.32. The Balaban J connectivity index is 0.000000309. The van der Waals surface area contributed by atoms with Crippen molar-refractivity contribution in [3.05, 3.63) is 77.4 Å². The number of ketones is 1. The Hall–Kier alpha value is -3.41. The van der Waals surface area contributed by atoms with Crippen molar-refractivity contribution in [2.75, 3.05) is 6.79 Å². The lowest BCUT2D eigenvalue weighted by atomic mass is 10.1. The predicted octanol–water partition coefficient (Wildman–Crippen LogP) is 4.04. The number of aromatic carboxylic acids is 1. The second-order valence-electron chi connectivity index (χ2n) is 5.73. The van der Waals surface area contributed by atoms with Crippen molar-refractivity contribution in [1.82, 2.24) is 0 Å². The van der Waals surface area contributed by atoms with E-state index in [1.807, 2.05) is 31.2 Å². The van der Waals surface area contributed by atoms with Crippen LogP contribution in [-0.2, 0) is 9.53 Å². The zero-order valence-corrected chi connectivity index (χ0v) is 15.5. The van der Waals surface area contributed by atoms with Gasteiger partial charge in [-0.15, -0.1) is 0 Å². The molecule has 0 aliphatic carbocycles. The Kier molecular flexibility index (Phi) is 8.45. The maximum atomic E-state index is 11.0. The Morgan fingerprint density at radius 3 is 1.89 bits per heavy atom. The third kappa shape index (κ3) is 8.00. The number of hydrogen-bond donors (Lipinski definition) is 1. The van der Waals surface area contributed by atoms with E-state index >= 15 is 0 Å². The Bertz CT molecular complexity index is 804. The minimum absolute atomic E-state index is 0.125. The summed E-state index contributed by atoms with van der Waals surface area (Å²) in [5.74, 6) is -0.998. The molecule has 0 saturated heterocycles. The number of carboxylic acid groups (broad SMARTS) is 1. The number of ether oxygens (including phenoxy) is 2. The predicted molar refractivity (Wildman–Crippen MR) is 101 cm³/mol. The number of carbonyl (C=O) groups is 3. The van der Waals surface area contributed by atoms with Crippen LogP contribution in [0.4, 0.5) is 0 Å². The number of carbonyl (C=O) groups excluding carboxylic acids is 2. The second-order valence-corrected chi connectivity index (χ2v) is 5.73. The van der Waals surface area contributed by atoms with Crippen molar-refractivity contribution in [3.63, 3.8) is 0 Å². The SMILES string of the molecule is C=C(C)C(=O)OCOc1ccc(C(=O)O)cc1.CC(=O)c1ccc(C)cc1. The summed E-state index contributed by atoms with van der Waals surface area (Å²) in [5, 5.41) is 8.67. The van der Waals surface area contributed by atoms with Crippen LogP contribution in [0, 0.1) is 6.92 Å². The number of carboxylic acids is 1. The van der Waals surface area contributed by atoms with Gasteiger partial charge in [0.15, 0.2) is 5.78 Å². The summed E-state index contributed by atoms with van der Waals surface area (Å²) in [5.41, 5.74) is 2.42. The van der Waals surface area contributed by atoms with Gasteiger partial charge in [-0.05, 0) is 45.0 Å². The topological polar surface area (TPSA) is 89.9 Å². The van der Waals surface area contributed by atoms with Crippen LogP contribution in [-0.4, -0.2) is 29.6 Å². The summed E-state index contributed by atoms with van der Waals surface area (Å²) in [6.45, 7) is 8.29. The highest BCUT2D eigenvalue weighted by molar-refractivity contribution is 5.94. The van der Waals surface area contributed by atoms with Gasteiger partial charge >= 0.3 is 11.9 Å². The molecule has 6 heteroatoms. The van der Waals surface area contributed by atoms with E-state index in [1.165, 1.54) is 36.8 Å². The molecule has 0 atom stereocenters. The van der Waals surface area contributed by atoms with Crippen LogP contribution in [0.15, 0.2) is 60.7 Å². The van der Waals surface area contributed by atoms with Crippen LogP contribution in [0.25, 0.3) is 0 Å². The van der Waals surface area contributed by atoms with Crippen molar-refractivity contribution in [3.8, 4) is 5.75 Å². The molecule has 0 aromatic heterocycles. The van der Waals surface area contributed by atoms with Gasteiger partial charge in [-0.2, -0.15) is 0 Å². The molecule has 0 spiro atoms. The van der Waals surface area contributed by atoms with E-state index in [4.69, 9.17) is 14.6 Å². The maximum Gasteiger partial charge on any atom is 0.335 e. The van der Waals surface area contributed by atoms with Gasteiger partial charge in [-0.25, -0.2) is 9.59 Å². The number of rotatable bonds is 6. The smallest absolute Gasteiger partial charge is 0.335 e. The number of hydrogen-bond acceptors (Lipinski definition) is 5. The number of benzene rings is 2. The second kappa shape index (κ2) is 10.6. The molecule has 27 heavy (non-hydrogen) atoms. The summed E-state index contributed by atoms with van der Waals surface area (Å²) in [4.78, 5) is 32.3. The van der Waals surface area contributed by atoms with Gasteiger partial charge in [0.2, 0.25) is 6.79 Å². The van der Waals surface area contributed by atoms with Gasteiger partial charge in [-0.1, -0.05) is 36.4 Å². The molecule has 0 aliphatic heterocycles.